The summed E-state index contributed by atoms with van der Waals surface area (Å²) in [4.78, 5) is 15.0. The van der Waals surface area contributed by atoms with E-state index in [0.29, 0.717) is 11.8 Å². The molecule has 3 unspecified atom stereocenters. The molecule has 4 heteroatoms. The summed E-state index contributed by atoms with van der Waals surface area (Å²) in [6, 6.07) is 0. The second kappa shape index (κ2) is 7.82. The van der Waals surface area contributed by atoms with E-state index >= 15 is 0 Å². The van der Waals surface area contributed by atoms with E-state index in [0.717, 1.165) is 44.7 Å². The maximum atomic E-state index is 12.8. The van der Waals surface area contributed by atoms with Crippen LogP contribution in [0.5, 0.6) is 0 Å². The van der Waals surface area contributed by atoms with Gasteiger partial charge in [-0.3, -0.25) is 4.79 Å². The van der Waals surface area contributed by atoms with Crippen LogP contribution < -0.4 is 5.73 Å². The van der Waals surface area contributed by atoms with Gasteiger partial charge in [0, 0.05) is 18.6 Å². The van der Waals surface area contributed by atoms with Crippen LogP contribution >= 0.6 is 12.4 Å². The lowest BCUT2D eigenvalue weighted by Crippen LogP contribution is -2.55. The molecule has 2 rings (SSSR count). The monoisotopic (exact) mass is 316 g/mol. The molecule has 1 saturated carbocycles. The highest BCUT2D eigenvalue weighted by Crippen LogP contribution is 2.34. The number of amides is 1. The molecule has 2 N–H and O–H groups in total. The Bertz CT molecular complexity index is 344. The molecule has 1 aliphatic carbocycles. The van der Waals surface area contributed by atoms with E-state index in [9.17, 15) is 4.79 Å². The van der Waals surface area contributed by atoms with Crippen LogP contribution in [0, 0.1) is 17.8 Å². The highest BCUT2D eigenvalue weighted by molar-refractivity contribution is 5.85. The summed E-state index contributed by atoms with van der Waals surface area (Å²) in [6.45, 7) is 8.53. The summed E-state index contributed by atoms with van der Waals surface area (Å²) >= 11 is 0. The van der Waals surface area contributed by atoms with Crippen molar-refractivity contribution in [2.75, 3.05) is 13.1 Å². The smallest absolute Gasteiger partial charge is 0.227 e. The normalized spacial score (nSPS) is 33.7. The first-order chi connectivity index (χ1) is 9.40. The molecule has 3 nitrogen and oxygen atoms in total. The first-order valence-corrected chi connectivity index (χ1v) is 8.48. The van der Waals surface area contributed by atoms with Gasteiger partial charge in [-0.2, -0.15) is 0 Å². The first kappa shape index (κ1) is 18.8. The molecule has 1 aliphatic heterocycles. The third-order valence-electron chi connectivity index (χ3n) is 5.19. The standard InChI is InChI=1S/C17H32N2O.ClH/c1-13(2)11-14-7-6-10-19(12-14)16(20)15-8-4-5-9-17(15,3)18;/h13-15H,4-12,18H2,1-3H3;1H. The molecule has 0 spiro atoms. The number of carbonyl (C=O) groups excluding carboxylic acids is 1. The molecule has 1 saturated heterocycles. The lowest BCUT2D eigenvalue weighted by Gasteiger charge is -2.42. The van der Waals surface area contributed by atoms with Gasteiger partial charge in [0.2, 0.25) is 5.91 Å². The summed E-state index contributed by atoms with van der Waals surface area (Å²) in [5.74, 6) is 1.81. The summed E-state index contributed by atoms with van der Waals surface area (Å²) in [6.07, 6.45) is 8.00. The minimum atomic E-state index is -0.291. The number of likely N-dealkylation sites (tertiary alicyclic amines) is 1. The largest absolute Gasteiger partial charge is 0.342 e. The molecule has 0 aromatic heterocycles. The van der Waals surface area contributed by atoms with Crippen molar-refractivity contribution in [2.45, 2.75) is 71.3 Å². The number of piperidine rings is 1. The fourth-order valence-electron chi connectivity index (χ4n) is 4.11. The van der Waals surface area contributed by atoms with Crippen LogP contribution in [0.2, 0.25) is 0 Å². The Kier molecular flexibility index (Phi) is 6.99. The maximum absolute atomic E-state index is 12.8. The van der Waals surface area contributed by atoms with Crippen molar-refractivity contribution in [3.63, 3.8) is 0 Å². The number of nitrogens with two attached hydrogens (primary N) is 1. The van der Waals surface area contributed by atoms with Crippen LogP contribution in [0.3, 0.4) is 0 Å². The van der Waals surface area contributed by atoms with Crippen molar-refractivity contribution in [1.29, 1.82) is 0 Å². The SMILES string of the molecule is CC(C)CC1CCCN(C(=O)C2CCCCC2(C)N)C1.Cl. The van der Waals surface area contributed by atoms with Crippen molar-refractivity contribution in [1.82, 2.24) is 4.90 Å². The number of hydrogen-bond donors (Lipinski definition) is 1. The second-order valence-corrected chi connectivity index (χ2v) is 7.73. The van der Waals surface area contributed by atoms with Crippen LogP contribution in [-0.2, 0) is 4.79 Å². The van der Waals surface area contributed by atoms with Gasteiger partial charge in [-0.15, -0.1) is 12.4 Å². The average Bonchev–Trinajstić information content (AvgIpc) is 2.37. The number of hydrogen-bond acceptors (Lipinski definition) is 2. The van der Waals surface area contributed by atoms with Crippen LogP contribution in [0.4, 0.5) is 0 Å². The maximum Gasteiger partial charge on any atom is 0.227 e. The number of rotatable bonds is 3. The minimum absolute atomic E-state index is 0. The van der Waals surface area contributed by atoms with Crippen molar-refractivity contribution < 1.29 is 4.79 Å². The molecular weight excluding hydrogens is 284 g/mol. The zero-order valence-corrected chi connectivity index (χ0v) is 14.8. The summed E-state index contributed by atoms with van der Waals surface area (Å²) in [5, 5.41) is 0. The van der Waals surface area contributed by atoms with Crippen molar-refractivity contribution >= 4 is 18.3 Å². The Balaban J connectivity index is 0.00000220. The highest BCUT2D eigenvalue weighted by Gasteiger charge is 2.40. The molecule has 0 aromatic rings. The van der Waals surface area contributed by atoms with Gasteiger partial charge in [0.15, 0.2) is 0 Å². The molecule has 1 heterocycles. The topological polar surface area (TPSA) is 46.3 Å². The first-order valence-electron chi connectivity index (χ1n) is 8.48. The number of carbonyl (C=O) groups is 1. The fourth-order valence-corrected chi connectivity index (χ4v) is 4.11. The van der Waals surface area contributed by atoms with E-state index < -0.39 is 0 Å². The average molecular weight is 317 g/mol. The van der Waals surface area contributed by atoms with Crippen molar-refractivity contribution in [3.8, 4) is 0 Å². The number of halogens is 1. The van der Waals surface area contributed by atoms with E-state index in [1.807, 2.05) is 0 Å². The fraction of sp³-hybridized carbons (Fsp3) is 0.941. The van der Waals surface area contributed by atoms with E-state index in [1.165, 1.54) is 19.3 Å². The Labute approximate surface area is 136 Å². The van der Waals surface area contributed by atoms with Crippen LogP contribution in [0.1, 0.15) is 65.7 Å². The Morgan fingerprint density at radius 3 is 2.62 bits per heavy atom. The Morgan fingerprint density at radius 1 is 1.29 bits per heavy atom. The van der Waals surface area contributed by atoms with Gasteiger partial charge in [0.25, 0.3) is 0 Å². The lowest BCUT2D eigenvalue weighted by molar-refractivity contribution is -0.140. The zero-order chi connectivity index (χ0) is 14.8. The molecule has 0 aromatic carbocycles. The predicted molar refractivity (Wildman–Crippen MR) is 90.6 cm³/mol. The lowest BCUT2D eigenvalue weighted by atomic mass is 9.73. The van der Waals surface area contributed by atoms with Gasteiger partial charge in [-0.05, 0) is 50.9 Å². The van der Waals surface area contributed by atoms with Gasteiger partial charge < -0.3 is 10.6 Å². The van der Waals surface area contributed by atoms with Crippen LogP contribution in [-0.4, -0.2) is 29.4 Å². The molecule has 0 bridgehead atoms. The molecule has 21 heavy (non-hydrogen) atoms. The molecule has 2 aliphatic rings. The molecular formula is C17H33ClN2O. The third kappa shape index (κ3) is 4.85. The Hall–Kier alpha value is -0.280. The summed E-state index contributed by atoms with van der Waals surface area (Å²) < 4.78 is 0. The van der Waals surface area contributed by atoms with Crippen molar-refractivity contribution in [2.24, 2.45) is 23.5 Å². The highest BCUT2D eigenvalue weighted by atomic mass is 35.5. The van der Waals surface area contributed by atoms with Crippen molar-refractivity contribution in [3.05, 3.63) is 0 Å². The zero-order valence-electron chi connectivity index (χ0n) is 13.9. The van der Waals surface area contributed by atoms with Gasteiger partial charge in [-0.25, -0.2) is 0 Å². The van der Waals surface area contributed by atoms with Gasteiger partial charge in [0.05, 0.1) is 5.92 Å². The van der Waals surface area contributed by atoms with E-state index in [4.69, 9.17) is 5.73 Å². The third-order valence-corrected chi connectivity index (χ3v) is 5.19. The van der Waals surface area contributed by atoms with Gasteiger partial charge in [0.1, 0.15) is 0 Å². The predicted octanol–water partition coefficient (Wildman–Crippen LogP) is 3.60. The van der Waals surface area contributed by atoms with Gasteiger partial charge >= 0.3 is 0 Å². The second-order valence-electron chi connectivity index (χ2n) is 7.73. The van der Waals surface area contributed by atoms with E-state index in [1.54, 1.807) is 0 Å². The van der Waals surface area contributed by atoms with Crippen LogP contribution in [0.15, 0.2) is 0 Å². The molecule has 124 valence electrons. The molecule has 3 atom stereocenters. The summed E-state index contributed by atoms with van der Waals surface area (Å²) in [7, 11) is 0. The molecule has 2 fully saturated rings. The minimum Gasteiger partial charge on any atom is -0.342 e. The molecule has 1 amide bonds. The quantitative estimate of drug-likeness (QED) is 0.864. The van der Waals surface area contributed by atoms with E-state index in [2.05, 4.69) is 25.7 Å². The summed E-state index contributed by atoms with van der Waals surface area (Å²) in [5.41, 5.74) is 6.11. The van der Waals surface area contributed by atoms with Crippen LogP contribution in [0.25, 0.3) is 0 Å². The number of nitrogens with zero attached hydrogens (tertiary/aromatic N) is 1. The van der Waals surface area contributed by atoms with Gasteiger partial charge in [-0.1, -0.05) is 26.7 Å². The Morgan fingerprint density at radius 2 is 2.00 bits per heavy atom. The molecule has 0 radical (unpaired) electrons. The van der Waals surface area contributed by atoms with E-state index in [-0.39, 0.29) is 23.9 Å².